The van der Waals surface area contributed by atoms with Crippen LogP contribution in [0.15, 0.2) is 64.1 Å². The summed E-state index contributed by atoms with van der Waals surface area (Å²) in [7, 11) is 1.50. The second-order valence-corrected chi connectivity index (χ2v) is 6.07. The molecule has 0 atom stereocenters. The monoisotopic (exact) mass is 388 g/mol. The number of halogens is 2. The second-order valence-electron chi connectivity index (χ2n) is 5.23. The zero-order valence-corrected chi connectivity index (χ0v) is 15.2. The average molecular weight is 389 g/mol. The molecule has 0 saturated carbocycles. The number of methoxy groups -OCH3 is 1. The molecule has 1 N–H and O–H groups in total. The number of nitrogens with one attached hydrogen (secondary N) is 1. The molecule has 0 unspecified atom stereocenters. The van der Waals surface area contributed by atoms with Crippen LogP contribution in [0.3, 0.4) is 0 Å². The van der Waals surface area contributed by atoms with Crippen LogP contribution in [-0.2, 0) is 0 Å². The maximum atomic E-state index is 12.2. The molecule has 0 saturated heterocycles. The molecule has 0 bridgehead atoms. The molecule has 0 spiro atoms. The normalized spacial score (nSPS) is 10.9. The van der Waals surface area contributed by atoms with E-state index in [4.69, 9.17) is 32.4 Å². The Hall–Kier alpha value is -2.76. The topological polar surface area (TPSA) is 63.8 Å². The lowest BCUT2D eigenvalue weighted by Gasteiger charge is -2.05. The van der Waals surface area contributed by atoms with Gasteiger partial charge in [0.1, 0.15) is 17.3 Å². The third-order valence-electron chi connectivity index (χ3n) is 3.53. The number of carbonyl (C=O) groups is 1. The average Bonchev–Trinajstić information content (AvgIpc) is 3.12. The largest absolute Gasteiger partial charge is 0.496 e. The molecule has 1 amide bonds. The van der Waals surface area contributed by atoms with E-state index in [-0.39, 0.29) is 5.91 Å². The third-order valence-corrected chi connectivity index (χ3v) is 4.09. The first-order valence-corrected chi connectivity index (χ1v) is 8.36. The van der Waals surface area contributed by atoms with Crippen molar-refractivity contribution in [3.05, 3.63) is 76.0 Å². The molecule has 5 nitrogen and oxygen atoms in total. The van der Waals surface area contributed by atoms with Crippen LogP contribution >= 0.6 is 23.2 Å². The molecule has 0 radical (unpaired) electrons. The molecule has 3 aromatic rings. The van der Waals surface area contributed by atoms with Crippen molar-refractivity contribution in [3.8, 4) is 17.1 Å². The SMILES string of the molecule is COc1ccccc1C(=O)N/N=C\c1ccc(-c2cc(Cl)ccc2Cl)o1. The van der Waals surface area contributed by atoms with Gasteiger partial charge in [-0.25, -0.2) is 5.43 Å². The minimum absolute atomic E-state index is 0.386. The number of carbonyl (C=O) groups excluding carboxylic acids is 1. The van der Waals surface area contributed by atoms with E-state index in [1.807, 2.05) is 0 Å². The van der Waals surface area contributed by atoms with Gasteiger partial charge in [-0.1, -0.05) is 35.3 Å². The van der Waals surface area contributed by atoms with E-state index in [1.165, 1.54) is 13.3 Å². The minimum atomic E-state index is -0.386. The number of hydrazone groups is 1. The Morgan fingerprint density at radius 2 is 1.96 bits per heavy atom. The summed E-state index contributed by atoms with van der Waals surface area (Å²) in [6, 6.07) is 15.5. The van der Waals surface area contributed by atoms with Gasteiger partial charge in [0.25, 0.3) is 5.91 Å². The summed E-state index contributed by atoms with van der Waals surface area (Å²) < 4.78 is 10.8. The minimum Gasteiger partial charge on any atom is -0.496 e. The van der Waals surface area contributed by atoms with Crippen LogP contribution in [0.5, 0.6) is 5.75 Å². The van der Waals surface area contributed by atoms with Gasteiger partial charge < -0.3 is 9.15 Å². The van der Waals surface area contributed by atoms with Crippen molar-refractivity contribution in [2.45, 2.75) is 0 Å². The van der Waals surface area contributed by atoms with Crippen LogP contribution in [0.4, 0.5) is 0 Å². The number of hydrogen-bond donors (Lipinski definition) is 1. The highest BCUT2D eigenvalue weighted by Crippen LogP contribution is 2.31. The van der Waals surface area contributed by atoms with Gasteiger partial charge >= 0.3 is 0 Å². The van der Waals surface area contributed by atoms with Crippen LogP contribution in [-0.4, -0.2) is 19.2 Å². The molecule has 132 valence electrons. The first-order chi connectivity index (χ1) is 12.6. The van der Waals surface area contributed by atoms with Crippen LogP contribution in [0.1, 0.15) is 16.1 Å². The van der Waals surface area contributed by atoms with Crippen molar-refractivity contribution >= 4 is 35.3 Å². The highest BCUT2D eigenvalue weighted by atomic mass is 35.5. The molecule has 0 aliphatic carbocycles. The zero-order valence-electron chi connectivity index (χ0n) is 13.7. The zero-order chi connectivity index (χ0) is 18.5. The Morgan fingerprint density at radius 1 is 1.15 bits per heavy atom. The number of hydrogen-bond acceptors (Lipinski definition) is 4. The molecular weight excluding hydrogens is 375 g/mol. The summed E-state index contributed by atoms with van der Waals surface area (Å²) in [5.74, 6) is 1.09. The molecule has 2 aromatic carbocycles. The van der Waals surface area contributed by atoms with Gasteiger partial charge in [-0.05, 0) is 42.5 Å². The maximum absolute atomic E-state index is 12.2. The first-order valence-electron chi connectivity index (χ1n) is 7.60. The smallest absolute Gasteiger partial charge is 0.275 e. The molecule has 7 heteroatoms. The Morgan fingerprint density at radius 3 is 2.77 bits per heavy atom. The van der Waals surface area contributed by atoms with Crippen LogP contribution in [0, 0.1) is 0 Å². The molecule has 1 aromatic heterocycles. The summed E-state index contributed by atoms with van der Waals surface area (Å²) in [6.07, 6.45) is 1.40. The Labute approximate surface area is 160 Å². The fourth-order valence-corrected chi connectivity index (χ4v) is 2.68. The van der Waals surface area contributed by atoms with Crippen LogP contribution in [0.25, 0.3) is 11.3 Å². The lowest BCUT2D eigenvalue weighted by atomic mass is 10.2. The van der Waals surface area contributed by atoms with Crippen molar-refractivity contribution < 1.29 is 13.9 Å². The lowest BCUT2D eigenvalue weighted by Crippen LogP contribution is -2.18. The molecular formula is C19H14Cl2N2O3. The highest BCUT2D eigenvalue weighted by Gasteiger charge is 2.11. The van der Waals surface area contributed by atoms with E-state index in [0.29, 0.717) is 38.4 Å². The Bertz CT molecular complexity index is 967. The summed E-state index contributed by atoms with van der Waals surface area (Å²) in [4.78, 5) is 12.2. The van der Waals surface area contributed by atoms with Crippen molar-refractivity contribution in [1.82, 2.24) is 5.43 Å². The number of benzene rings is 2. The van der Waals surface area contributed by atoms with Crippen LogP contribution < -0.4 is 10.2 Å². The quantitative estimate of drug-likeness (QED) is 0.492. The van der Waals surface area contributed by atoms with E-state index in [2.05, 4.69) is 10.5 Å². The fourth-order valence-electron chi connectivity index (χ4n) is 2.30. The Balaban J connectivity index is 1.71. The number of para-hydroxylation sites is 1. The maximum Gasteiger partial charge on any atom is 0.275 e. The predicted molar refractivity (Wildman–Crippen MR) is 102 cm³/mol. The van der Waals surface area contributed by atoms with Gasteiger partial charge in [0.2, 0.25) is 0 Å². The van der Waals surface area contributed by atoms with Gasteiger partial charge in [0.05, 0.1) is 23.9 Å². The highest BCUT2D eigenvalue weighted by molar-refractivity contribution is 6.35. The van der Waals surface area contributed by atoms with Crippen molar-refractivity contribution in [2.24, 2.45) is 5.10 Å². The number of amides is 1. The third kappa shape index (κ3) is 4.07. The number of furan rings is 1. The summed E-state index contributed by atoms with van der Waals surface area (Å²) >= 11 is 12.2. The molecule has 0 aliphatic rings. The van der Waals surface area contributed by atoms with Gasteiger partial charge in [-0.2, -0.15) is 5.10 Å². The predicted octanol–water partition coefficient (Wildman–Crippen LogP) is 5.03. The number of rotatable bonds is 5. The van der Waals surface area contributed by atoms with Gasteiger partial charge in [-0.15, -0.1) is 0 Å². The fraction of sp³-hybridized carbons (Fsp3) is 0.0526. The summed E-state index contributed by atoms with van der Waals surface area (Å²) in [6.45, 7) is 0. The standard InChI is InChI=1S/C19H14Cl2N2O3/c1-25-17-5-3-2-4-14(17)19(24)23-22-11-13-7-9-18(26-13)15-10-12(20)6-8-16(15)21/h2-11H,1H3,(H,23,24)/b22-11-. The number of ether oxygens (including phenoxy) is 1. The van der Waals surface area contributed by atoms with Crippen molar-refractivity contribution in [3.63, 3.8) is 0 Å². The van der Waals surface area contributed by atoms with Crippen LogP contribution in [0.2, 0.25) is 10.0 Å². The van der Waals surface area contributed by atoms with E-state index in [1.54, 1.807) is 54.6 Å². The lowest BCUT2D eigenvalue weighted by molar-refractivity contribution is 0.0952. The number of nitrogens with zero attached hydrogens (tertiary/aromatic N) is 1. The van der Waals surface area contributed by atoms with Crippen molar-refractivity contribution in [1.29, 1.82) is 0 Å². The second kappa shape index (κ2) is 8.08. The van der Waals surface area contributed by atoms with Gasteiger partial charge in [0, 0.05) is 10.6 Å². The van der Waals surface area contributed by atoms with Gasteiger partial charge in [0.15, 0.2) is 0 Å². The first kappa shape index (κ1) is 18.0. The van der Waals surface area contributed by atoms with Gasteiger partial charge in [-0.3, -0.25) is 4.79 Å². The van der Waals surface area contributed by atoms with E-state index in [9.17, 15) is 4.79 Å². The molecule has 3 rings (SSSR count). The summed E-state index contributed by atoms with van der Waals surface area (Å²) in [5, 5.41) is 4.99. The van der Waals surface area contributed by atoms with Crippen molar-refractivity contribution in [2.75, 3.05) is 7.11 Å². The molecule has 0 fully saturated rings. The molecule has 26 heavy (non-hydrogen) atoms. The molecule has 1 heterocycles. The van der Waals surface area contributed by atoms with E-state index < -0.39 is 0 Å². The summed E-state index contributed by atoms with van der Waals surface area (Å²) in [5.41, 5.74) is 3.50. The van der Waals surface area contributed by atoms with E-state index >= 15 is 0 Å². The molecule has 0 aliphatic heterocycles. The van der Waals surface area contributed by atoms with E-state index in [0.717, 1.165) is 0 Å². The Kier molecular flexibility index (Phi) is 5.61.